The van der Waals surface area contributed by atoms with Crippen LogP contribution in [0.25, 0.3) is 0 Å². The van der Waals surface area contributed by atoms with E-state index in [2.05, 4.69) is 4.98 Å². The highest BCUT2D eigenvalue weighted by atomic mass is 19.4. The molecule has 1 aromatic rings. The van der Waals surface area contributed by atoms with Crippen LogP contribution in [-0.4, -0.2) is 25.1 Å². The Hall–Kier alpha value is -1.30. The SMILES string of the molecule is CN(CCCN)c1cc(C(F)(F)F)ccn1. The minimum atomic E-state index is -4.33. The predicted molar refractivity (Wildman–Crippen MR) is 56.2 cm³/mol. The lowest BCUT2D eigenvalue weighted by molar-refractivity contribution is -0.137. The third-order valence-corrected chi connectivity index (χ3v) is 2.16. The van der Waals surface area contributed by atoms with Crippen LogP contribution < -0.4 is 10.6 Å². The van der Waals surface area contributed by atoms with Crippen molar-refractivity contribution < 1.29 is 13.2 Å². The molecule has 0 unspecified atom stereocenters. The molecule has 0 saturated carbocycles. The quantitative estimate of drug-likeness (QED) is 0.863. The summed E-state index contributed by atoms with van der Waals surface area (Å²) in [4.78, 5) is 5.55. The van der Waals surface area contributed by atoms with E-state index in [9.17, 15) is 13.2 Å². The second-order valence-corrected chi connectivity index (χ2v) is 3.46. The van der Waals surface area contributed by atoms with Gasteiger partial charge < -0.3 is 10.6 Å². The summed E-state index contributed by atoms with van der Waals surface area (Å²) in [6.45, 7) is 1.09. The Morgan fingerprint density at radius 2 is 2.12 bits per heavy atom. The highest BCUT2D eigenvalue weighted by Gasteiger charge is 2.30. The molecule has 0 aromatic carbocycles. The lowest BCUT2D eigenvalue weighted by Gasteiger charge is -2.18. The van der Waals surface area contributed by atoms with E-state index in [1.807, 2.05) is 0 Å². The van der Waals surface area contributed by atoms with Crippen LogP contribution in [0.4, 0.5) is 19.0 Å². The van der Waals surface area contributed by atoms with Crippen LogP contribution >= 0.6 is 0 Å². The molecule has 6 heteroatoms. The van der Waals surface area contributed by atoms with Gasteiger partial charge in [-0.1, -0.05) is 0 Å². The van der Waals surface area contributed by atoms with Gasteiger partial charge in [-0.15, -0.1) is 0 Å². The number of pyridine rings is 1. The first-order valence-corrected chi connectivity index (χ1v) is 4.89. The third kappa shape index (κ3) is 3.37. The average Bonchev–Trinajstić information content (AvgIpc) is 2.25. The van der Waals surface area contributed by atoms with Gasteiger partial charge in [0.05, 0.1) is 5.56 Å². The minimum Gasteiger partial charge on any atom is -0.360 e. The van der Waals surface area contributed by atoms with Crippen LogP contribution in [0.3, 0.4) is 0 Å². The van der Waals surface area contributed by atoms with E-state index < -0.39 is 11.7 Å². The molecule has 1 rings (SSSR count). The lowest BCUT2D eigenvalue weighted by Crippen LogP contribution is -2.22. The Kier molecular flexibility index (Phi) is 4.12. The molecule has 0 saturated heterocycles. The van der Waals surface area contributed by atoms with Crippen LogP contribution in [-0.2, 0) is 6.18 Å². The van der Waals surface area contributed by atoms with E-state index in [-0.39, 0.29) is 0 Å². The van der Waals surface area contributed by atoms with Crippen molar-refractivity contribution in [1.82, 2.24) is 4.98 Å². The zero-order valence-corrected chi connectivity index (χ0v) is 8.96. The minimum absolute atomic E-state index is 0.309. The van der Waals surface area contributed by atoms with Gasteiger partial charge >= 0.3 is 6.18 Å². The van der Waals surface area contributed by atoms with Gasteiger partial charge in [0.15, 0.2) is 0 Å². The van der Waals surface area contributed by atoms with Crippen molar-refractivity contribution in [3.8, 4) is 0 Å². The predicted octanol–water partition coefficient (Wildman–Crippen LogP) is 1.89. The van der Waals surface area contributed by atoms with Gasteiger partial charge in [-0.2, -0.15) is 13.2 Å². The second kappa shape index (κ2) is 5.16. The summed E-state index contributed by atoms with van der Waals surface area (Å²) in [7, 11) is 1.69. The molecule has 0 aliphatic carbocycles. The lowest BCUT2D eigenvalue weighted by atomic mass is 10.2. The maximum atomic E-state index is 12.4. The van der Waals surface area contributed by atoms with Crippen molar-refractivity contribution in [3.05, 3.63) is 23.9 Å². The third-order valence-electron chi connectivity index (χ3n) is 2.16. The zero-order valence-electron chi connectivity index (χ0n) is 8.96. The molecule has 0 fully saturated rings. The molecule has 16 heavy (non-hydrogen) atoms. The number of alkyl halides is 3. The van der Waals surface area contributed by atoms with E-state index in [4.69, 9.17) is 5.73 Å². The number of nitrogens with zero attached hydrogens (tertiary/aromatic N) is 2. The normalized spacial score (nSPS) is 11.6. The number of rotatable bonds is 4. The Morgan fingerprint density at radius 1 is 1.44 bits per heavy atom. The fraction of sp³-hybridized carbons (Fsp3) is 0.500. The smallest absolute Gasteiger partial charge is 0.360 e. The largest absolute Gasteiger partial charge is 0.416 e. The maximum Gasteiger partial charge on any atom is 0.416 e. The fourth-order valence-electron chi connectivity index (χ4n) is 1.25. The molecule has 1 heterocycles. The summed E-state index contributed by atoms with van der Waals surface area (Å²) in [5.74, 6) is 0.309. The van der Waals surface area contributed by atoms with E-state index in [1.54, 1.807) is 11.9 Å². The van der Waals surface area contributed by atoms with E-state index in [0.29, 0.717) is 25.3 Å². The van der Waals surface area contributed by atoms with Crippen LogP contribution in [0.2, 0.25) is 0 Å². The number of hydrogen-bond donors (Lipinski definition) is 1. The molecule has 0 aliphatic heterocycles. The van der Waals surface area contributed by atoms with Gasteiger partial charge in [-0.25, -0.2) is 4.98 Å². The van der Waals surface area contributed by atoms with Crippen molar-refractivity contribution in [2.75, 3.05) is 25.0 Å². The van der Waals surface area contributed by atoms with Crippen LogP contribution in [0.15, 0.2) is 18.3 Å². The molecule has 0 bridgehead atoms. The van der Waals surface area contributed by atoms with Gasteiger partial charge in [-0.05, 0) is 25.1 Å². The summed E-state index contributed by atoms with van der Waals surface area (Å²) in [6, 6.07) is 2.00. The second-order valence-electron chi connectivity index (χ2n) is 3.46. The van der Waals surface area contributed by atoms with Crippen molar-refractivity contribution in [1.29, 1.82) is 0 Å². The summed E-state index contributed by atoms with van der Waals surface area (Å²) in [5.41, 5.74) is 4.64. The van der Waals surface area contributed by atoms with Gasteiger partial charge in [0.25, 0.3) is 0 Å². The average molecular weight is 233 g/mol. The van der Waals surface area contributed by atoms with Gasteiger partial charge in [0.1, 0.15) is 5.82 Å². The summed E-state index contributed by atoms with van der Waals surface area (Å²) in [5, 5.41) is 0. The Bertz CT molecular complexity index is 338. The van der Waals surface area contributed by atoms with Crippen molar-refractivity contribution in [2.45, 2.75) is 12.6 Å². The number of aromatic nitrogens is 1. The molecule has 0 atom stereocenters. The Labute approximate surface area is 92.1 Å². The monoisotopic (exact) mass is 233 g/mol. The fourth-order valence-corrected chi connectivity index (χ4v) is 1.25. The number of anilines is 1. The molecule has 0 aliphatic rings. The molecule has 2 N–H and O–H groups in total. The van der Waals surface area contributed by atoms with Gasteiger partial charge in [0, 0.05) is 19.8 Å². The van der Waals surface area contributed by atoms with E-state index in [0.717, 1.165) is 18.3 Å². The van der Waals surface area contributed by atoms with Crippen LogP contribution in [0.5, 0.6) is 0 Å². The molecule has 1 aromatic heterocycles. The molecule has 3 nitrogen and oxygen atoms in total. The van der Waals surface area contributed by atoms with Crippen molar-refractivity contribution >= 4 is 5.82 Å². The van der Waals surface area contributed by atoms with Gasteiger partial charge in [0.2, 0.25) is 0 Å². The first-order chi connectivity index (χ1) is 7.45. The maximum absolute atomic E-state index is 12.4. The number of hydrogen-bond acceptors (Lipinski definition) is 3. The molecule has 0 radical (unpaired) electrons. The highest BCUT2D eigenvalue weighted by Crippen LogP contribution is 2.30. The van der Waals surface area contributed by atoms with Crippen LogP contribution in [0, 0.1) is 0 Å². The molecular weight excluding hydrogens is 219 g/mol. The van der Waals surface area contributed by atoms with Gasteiger partial charge in [-0.3, -0.25) is 0 Å². The summed E-state index contributed by atoms with van der Waals surface area (Å²) in [6.07, 6.45) is -2.45. The highest BCUT2D eigenvalue weighted by molar-refractivity contribution is 5.40. The number of halogens is 3. The molecule has 0 spiro atoms. The summed E-state index contributed by atoms with van der Waals surface area (Å²) >= 11 is 0. The van der Waals surface area contributed by atoms with E-state index >= 15 is 0 Å². The van der Waals surface area contributed by atoms with Crippen molar-refractivity contribution in [3.63, 3.8) is 0 Å². The van der Waals surface area contributed by atoms with E-state index in [1.165, 1.54) is 0 Å². The number of nitrogens with two attached hydrogens (primary N) is 1. The summed E-state index contributed by atoms with van der Waals surface area (Å²) < 4.78 is 37.3. The van der Waals surface area contributed by atoms with Crippen LogP contribution in [0.1, 0.15) is 12.0 Å². The topological polar surface area (TPSA) is 42.1 Å². The first kappa shape index (κ1) is 12.8. The zero-order chi connectivity index (χ0) is 12.2. The molecule has 90 valence electrons. The molecule has 0 amide bonds. The molecular formula is C10H14F3N3. The van der Waals surface area contributed by atoms with Crippen molar-refractivity contribution in [2.24, 2.45) is 5.73 Å². The first-order valence-electron chi connectivity index (χ1n) is 4.89. The standard InChI is InChI=1S/C10H14F3N3/c1-16(6-2-4-14)9-7-8(3-5-15-9)10(11,12)13/h3,5,7H,2,4,6,14H2,1H3. The Balaban J connectivity index is 2.82. The Morgan fingerprint density at radius 3 is 2.69 bits per heavy atom.